The molecule has 0 bridgehead atoms. The summed E-state index contributed by atoms with van der Waals surface area (Å²) < 4.78 is 5.43. The molecule has 1 heterocycles. The van der Waals surface area contributed by atoms with Gasteiger partial charge in [0.1, 0.15) is 5.75 Å². The topological polar surface area (TPSA) is 36.0 Å². The van der Waals surface area contributed by atoms with Crippen molar-refractivity contribution in [2.75, 3.05) is 57.8 Å². The van der Waals surface area contributed by atoms with Gasteiger partial charge in [-0.3, -0.25) is 9.69 Å². The van der Waals surface area contributed by atoms with Crippen LogP contribution >= 0.6 is 0 Å². The number of carbonyl (C=O) groups excluding carboxylic acids is 1. The van der Waals surface area contributed by atoms with Gasteiger partial charge in [-0.15, -0.1) is 0 Å². The number of hydrogen-bond donors (Lipinski definition) is 0. The maximum atomic E-state index is 12.2. The maximum absolute atomic E-state index is 12.2. The van der Waals surface area contributed by atoms with E-state index in [1.54, 1.807) is 7.11 Å². The summed E-state index contributed by atoms with van der Waals surface area (Å²) in [5.41, 5.74) is 1.14. The number of ether oxygens (including phenoxy) is 1. The van der Waals surface area contributed by atoms with Gasteiger partial charge in [-0.1, -0.05) is 12.1 Å². The molecule has 1 aliphatic heterocycles. The van der Waals surface area contributed by atoms with E-state index < -0.39 is 0 Å². The molecule has 0 spiro atoms. The van der Waals surface area contributed by atoms with E-state index in [0.29, 0.717) is 6.54 Å². The van der Waals surface area contributed by atoms with Crippen LogP contribution in [-0.2, 0) is 4.79 Å². The number of carbonyl (C=O) groups is 1. The van der Waals surface area contributed by atoms with Gasteiger partial charge >= 0.3 is 0 Å². The Kier molecular flexibility index (Phi) is 6.07. The molecule has 0 radical (unpaired) electrons. The van der Waals surface area contributed by atoms with Crippen LogP contribution in [0, 0.1) is 0 Å². The third-order valence-electron chi connectivity index (χ3n) is 4.27. The van der Waals surface area contributed by atoms with Crippen molar-refractivity contribution in [2.24, 2.45) is 0 Å². The largest absolute Gasteiger partial charge is 0.495 e. The third kappa shape index (κ3) is 3.91. The molecule has 0 aliphatic carbocycles. The molecule has 0 atom stereocenters. The summed E-state index contributed by atoms with van der Waals surface area (Å²) in [5.74, 6) is 1.14. The van der Waals surface area contributed by atoms with Gasteiger partial charge in [-0.2, -0.15) is 0 Å². The van der Waals surface area contributed by atoms with Gasteiger partial charge in [-0.05, 0) is 26.0 Å². The number of methoxy groups -OCH3 is 1. The van der Waals surface area contributed by atoms with Crippen LogP contribution in [0.5, 0.6) is 5.75 Å². The maximum Gasteiger partial charge on any atom is 0.236 e. The van der Waals surface area contributed by atoms with E-state index >= 15 is 0 Å². The van der Waals surface area contributed by atoms with Gasteiger partial charge in [-0.25, -0.2) is 0 Å². The second-order valence-electron chi connectivity index (χ2n) is 5.50. The Bertz CT molecular complexity index is 481. The SMILES string of the molecule is CCN(CC)C(=O)CN1CCN(c2ccccc2OC)CC1. The zero-order chi connectivity index (χ0) is 15.9. The lowest BCUT2D eigenvalue weighted by molar-refractivity contribution is -0.132. The quantitative estimate of drug-likeness (QED) is 0.801. The first-order chi connectivity index (χ1) is 10.7. The summed E-state index contributed by atoms with van der Waals surface area (Å²) in [7, 11) is 1.71. The molecular formula is C17H27N3O2. The predicted molar refractivity (Wildman–Crippen MR) is 89.6 cm³/mol. The van der Waals surface area contributed by atoms with Crippen molar-refractivity contribution < 1.29 is 9.53 Å². The number of nitrogens with zero attached hydrogens (tertiary/aromatic N) is 3. The summed E-state index contributed by atoms with van der Waals surface area (Å²) >= 11 is 0. The summed E-state index contributed by atoms with van der Waals surface area (Å²) in [6.45, 7) is 9.82. The first-order valence-electron chi connectivity index (χ1n) is 8.07. The molecule has 1 amide bonds. The Morgan fingerprint density at radius 2 is 1.77 bits per heavy atom. The number of anilines is 1. The highest BCUT2D eigenvalue weighted by atomic mass is 16.5. The normalized spacial score (nSPS) is 15.7. The summed E-state index contributed by atoms with van der Waals surface area (Å²) in [4.78, 5) is 18.6. The summed E-state index contributed by atoms with van der Waals surface area (Å²) in [6.07, 6.45) is 0. The van der Waals surface area contributed by atoms with Gasteiger partial charge in [0.05, 0.1) is 19.3 Å². The van der Waals surface area contributed by atoms with Crippen LogP contribution in [0.25, 0.3) is 0 Å². The number of piperazine rings is 1. The molecule has 0 saturated carbocycles. The van der Waals surface area contributed by atoms with Gasteiger partial charge in [0.2, 0.25) is 5.91 Å². The second kappa shape index (κ2) is 8.03. The summed E-state index contributed by atoms with van der Waals surface area (Å²) in [6, 6.07) is 8.11. The number of amides is 1. The smallest absolute Gasteiger partial charge is 0.236 e. The average Bonchev–Trinajstić information content (AvgIpc) is 2.56. The standard InChI is InChI=1S/C17H27N3O2/c1-4-19(5-2)17(21)14-18-10-12-20(13-11-18)15-8-6-7-9-16(15)22-3/h6-9H,4-5,10-14H2,1-3H3. The molecule has 1 aliphatic rings. The Morgan fingerprint density at radius 3 is 2.36 bits per heavy atom. The van der Waals surface area contributed by atoms with Gasteiger partial charge < -0.3 is 14.5 Å². The minimum absolute atomic E-state index is 0.232. The van der Waals surface area contributed by atoms with E-state index in [1.165, 1.54) is 0 Å². The van der Waals surface area contributed by atoms with Crippen LogP contribution in [0.15, 0.2) is 24.3 Å². The number of rotatable bonds is 6. The monoisotopic (exact) mass is 305 g/mol. The van der Waals surface area contributed by atoms with Crippen LogP contribution in [0.1, 0.15) is 13.8 Å². The van der Waals surface area contributed by atoms with Crippen molar-refractivity contribution in [3.8, 4) is 5.75 Å². The van der Waals surface area contributed by atoms with Crippen LogP contribution in [0.3, 0.4) is 0 Å². The number of benzene rings is 1. The molecule has 1 saturated heterocycles. The first kappa shape index (κ1) is 16.6. The molecular weight excluding hydrogens is 278 g/mol. The van der Waals surface area contributed by atoms with Gasteiger partial charge in [0.15, 0.2) is 0 Å². The number of hydrogen-bond acceptors (Lipinski definition) is 4. The highest BCUT2D eigenvalue weighted by Gasteiger charge is 2.22. The summed E-state index contributed by atoms with van der Waals surface area (Å²) in [5, 5.41) is 0. The fraction of sp³-hybridized carbons (Fsp3) is 0.588. The lowest BCUT2D eigenvalue weighted by atomic mass is 10.2. The van der Waals surface area contributed by atoms with E-state index in [-0.39, 0.29) is 5.91 Å². The van der Waals surface area contributed by atoms with Gasteiger partial charge in [0.25, 0.3) is 0 Å². The van der Waals surface area contributed by atoms with Gasteiger partial charge in [0, 0.05) is 39.3 Å². The van der Waals surface area contributed by atoms with Crippen molar-refractivity contribution in [2.45, 2.75) is 13.8 Å². The van der Waals surface area contributed by atoms with Crippen LogP contribution in [0.2, 0.25) is 0 Å². The Balaban J connectivity index is 1.89. The van der Waals surface area contributed by atoms with Crippen molar-refractivity contribution in [3.05, 3.63) is 24.3 Å². The van der Waals surface area contributed by atoms with Crippen LogP contribution in [-0.4, -0.2) is 68.6 Å². The first-order valence-corrected chi connectivity index (χ1v) is 8.07. The fourth-order valence-corrected chi connectivity index (χ4v) is 2.91. The molecule has 1 fully saturated rings. The lowest BCUT2D eigenvalue weighted by Crippen LogP contribution is -2.50. The lowest BCUT2D eigenvalue weighted by Gasteiger charge is -2.37. The Labute approximate surface area is 133 Å². The van der Waals surface area contributed by atoms with E-state index in [2.05, 4.69) is 15.9 Å². The molecule has 22 heavy (non-hydrogen) atoms. The van der Waals surface area contributed by atoms with Crippen molar-refractivity contribution in [3.63, 3.8) is 0 Å². The number of para-hydroxylation sites is 2. The van der Waals surface area contributed by atoms with Crippen molar-refractivity contribution in [1.29, 1.82) is 0 Å². The average molecular weight is 305 g/mol. The Hall–Kier alpha value is -1.75. The number of likely N-dealkylation sites (N-methyl/N-ethyl adjacent to an activating group) is 1. The van der Waals surface area contributed by atoms with E-state index in [4.69, 9.17) is 4.74 Å². The van der Waals surface area contributed by atoms with E-state index in [1.807, 2.05) is 36.9 Å². The van der Waals surface area contributed by atoms with E-state index in [0.717, 1.165) is 50.7 Å². The molecule has 0 aromatic heterocycles. The molecule has 0 unspecified atom stereocenters. The van der Waals surface area contributed by atoms with Crippen molar-refractivity contribution in [1.82, 2.24) is 9.80 Å². The van der Waals surface area contributed by atoms with Crippen LogP contribution < -0.4 is 9.64 Å². The molecule has 5 nitrogen and oxygen atoms in total. The zero-order valence-corrected chi connectivity index (χ0v) is 13.9. The zero-order valence-electron chi connectivity index (χ0n) is 13.9. The molecule has 1 aromatic rings. The second-order valence-corrected chi connectivity index (χ2v) is 5.50. The van der Waals surface area contributed by atoms with E-state index in [9.17, 15) is 4.79 Å². The fourth-order valence-electron chi connectivity index (χ4n) is 2.91. The highest BCUT2D eigenvalue weighted by molar-refractivity contribution is 5.78. The predicted octanol–water partition coefficient (Wildman–Crippen LogP) is 1.69. The molecule has 1 aromatic carbocycles. The highest BCUT2D eigenvalue weighted by Crippen LogP contribution is 2.28. The molecule has 2 rings (SSSR count). The van der Waals surface area contributed by atoms with Crippen molar-refractivity contribution >= 4 is 11.6 Å². The molecule has 5 heteroatoms. The Morgan fingerprint density at radius 1 is 1.14 bits per heavy atom. The minimum Gasteiger partial charge on any atom is -0.495 e. The van der Waals surface area contributed by atoms with Crippen LogP contribution in [0.4, 0.5) is 5.69 Å². The third-order valence-corrected chi connectivity index (χ3v) is 4.27. The minimum atomic E-state index is 0.232. The molecule has 0 N–H and O–H groups in total. The molecule has 122 valence electrons.